The van der Waals surface area contributed by atoms with Crippen LogP contribution < -0.4 is 5.32 Å². The predicted octanol–water partition coefficient (Wildman–Crippen LogP) is 2.34. The van der Waals surface area contributed by atoms with Crippen molar-refractivity contribution in [2.45, 2.75) is 65.0 Å². The van der Waals surface area contributed by atoms with Gasteiger partial charge in [0.15, 0.2) is 0 Å². The molecule has 3 unspecified atom stereocenters. The van der Waals surface area contributed by atoms with Crippen molar-refractivity contribution in [3.05, 3.63) is 0 Å². The van der Waals surface area contributed by atoms with Gasteiger partial charge in [-0.25, -0.2) is 0 Å². The largest absolute Gasteiger partial charge is 0.480 e. The van der Waals surface area contributed by atoms with E-state index in [0.29, 0.717) is 12.5 Å². The zero-order chi connectivity index (χ0) is 14.5. The first-order valence-electron chi connectivity index (χ1n) is 7.61. The standard InChI is InChI=1S/C15H30N2O2/c1-5-8-16-15(4,14(18)19)7-6-9-17-11-12(2)10-13(17)3/h12-13,16H,5-11H2,1-4H3,(H,18,19). The number of carboxylic acids is 1. The minimum Gasteiger partial charge on any atom is -0.480 e. The third-order valence-corrected chi connectivity index (χ3v) is 4.27. The van der Waals surface area contributed by atoms with Crippen molar-refractivity contribution in [2.24, 2.45) is 5.92 Å². The quantitative estimate of drug-likeness (QED) is 0.711. The molecule has 1 heterocycles. The van der Waals surface area contributed by atoms with E-state index < -0.39 is 11.5 Å². The van der Waals surface area contributed by atoms with E-state index in [9.17, 15) is 9.90 Å². The second kappa shape index (κ2) is 7.25. The lowest BCUT2D eigenvalue weighted by atomic mass is 9.95. The molecule has 0 amide bonds. The van der Waals surface area contributed by atoms with E-state index in [1.54, 1.807) is 6.92 Å². The molecule has 0 aromatic carbocycles. The lowest BCUT2D eigenvalue weighted by Gasteiger charge is -2.28. The van der Waals surface area contributed by atoms with Crippen molar-refractivity contribution in [3.63, 3.8) is 0 Å². The van der Waals surface area contributed by atoms with Crippen molar-refractivity contribution in [1.29, 1.82) is 0 Å². The van der Waals surface area contributed by atoms with Crippen LogP contribution in [0.15, 0.2) is 0 Å². The Balaban J connectivity index is 2.38. The molecule has 0 aliphatic carbocycles. The van der Waals surface area contributed by atoms with Crippen LogP contribution in [0.3, 0.4) is 0 Å². The highest BCUT2D eigenvalue weighted by molar-refractivity contribution is 5.78. The summed E-state index contributed by atoms with van der Waals surface area (Å²) < 4.78 is 0. The van der Waals surface area contributed by atoms with Gasteiger partial charge in [0.1, 0.15) is 5.54 Å². The van der Waals surface area contributed by atoms with Crippen LogP contribution in [-0.4, -0.2) is 47.2 Å². The van der Waals surface area contributed by atoms with Gasteiger partial charge in [0, 0.05) is 12.6 Å². The predicted molar refractivity (Wildman–Crippen MR) is 78.4 cm³/mol. The minimum absolute atomic E-state index is 0.648. The number of carboxylic acid groups (broad SMARTS) is 1. The molecule has 2 N–H and O–H groups in total. The van der Waals surface area contributed by atoms with Crippen LogP contribution in [0.4, 0.5) is 0 Å². The van der Waals surface area contributed by atoms with Crippen molar-refractivity contribution < 1.29 is 9.90 Å². The molecular weight excluding hydrogens is 240 g/mol. The fourth-order valence-electron chi connectivity index (χ4n) is 3.01. The van der Waals surface area contributed by atoms with E-state index in [4.69, 9.17) is 0 Å². The molecule has 1 rings (SSSR count). The van der Waals surface area contributed by atoms with Crippen molar-refractivity contribution in [1.82, 2.24) is 10.2 Å². The van der Waals surface area contributed by atoms with E-state index >= 15 is 0 Å². The van der Waals surface area contributed by atoms with Crippen LogP contribution in [0.5, 0.6) is 0 Å². The second-order valence-corrected chi connectivity index (χ2v) is 6.35. The molecule has 0 bridgehead atoms. The van der Waals surface area contributed by atoms with Crippen LogP contribution in [0.2, 0.25) is 0 Å². The van der Waals surface area contributed by atoms with Crippen LogP contribution in [-0.2, 0) is 4.79 Å². The molecule has 1 fully saturated rings. The highest BCUT2D eigenvalue weighted by atomic mass is 16.4. The zero-order valence-electron chi connectivity index (χ0n) is 12.9. The maximum atomic E-state index is 11.4. The van der Waals surface area contributed by atoms with Gasteiger partial charge in [0.05, 0.1) is 0 Å². The first-order chi connectivity index (χ1) is 8.89. The number of nitrogens with one attached hydrogen (secondary N) is 1. The Bertz CT molecular complexity index is 296. The zero-order valence-corrected chi connectivity index (χ0v) is 12.9. The molecule has 4 nitrogen and oxygen atoms in total. The maximum absolute atomic E-state index is 11.4. The lowest BCUT2D eigenvalue weighted by Crippen LogP contribution is -2.50. The second-order valence-electron chi connectivity index (χ2n) is 6.35. The Labute approximate surface area is 117 Å². The van der Waals surface area contributed by atoms with Crippen LogP contribution in [0, 0.1) is 5.92 Å². The molecule has 0 saturated carbocycles. The van der Waals surface area contributed by atoms with Crippen molar-refractivity contribution in [2.75, 3.05) is 19.6 Å². The molecule has 3 atom stereocenters. The number of carbonyl (C=O) groups is 1. The summed E-state index contributed by atoms with van der Waals surface area (Å²) in [7, 11) is 0. The van der Waals surface area contributed by atoms with Crippen LogP contribution >= 0.6 is 0 Å². The van der Waals surface area contributed by atoms with Gasteiger partial charge in [-0.05, 0) is 58.5 Å². The lowest BCUT2D eigenvalue weighted by molar-refractivity contribution is -0.144. The summed E-state index contributed by atoms with van der Waals surface area (Å²) in [5.74, 6) is 0.0443. The Morgan fingerprint density at radius 1 is 1.47 bits per heavy atom. The monoisotopic (exact) mass is 270 g/mol. The molecule has 0 spiro atoms. The number of hydrogen-bond acceptors (Lipinski definition) is 3. The third kappa shape index (κ3) is 4.77. The Kier molecular flexibility index (Phi) is 6.27. The molecular formula is C15H30N2O2. The summed E-state index contributed by atoms with van der Waals surface area (Å²) in [6.45, 7) is 11.4. The van der Waals surface area contributed by atoms with Gasteiger partial charge in [0.25, 0.3) is 0 Å². The van der Waals surface area contributed by atoms with Gasteiger partial charge in [-0.3, -0.25) is 4.79 Å². The number of hydrogen-bond donors (Lipinski definition) is 2. The summed E-state index contributed by atoms with van der Waals surface area (Å²) in [5.41, 5.74) is -0.773. The van der Waals surface area contributed by atoms with Gasteiger partial charge in [-0.15, -0.1) is 0 Å². The van der Waals surface area contributed by atoms with Crippen LogP contribution in [0.25, 0.3) is 0 Å². The van der Waals surface area contributed by atoms with Crippen LogP contribution in [0.1, 0.15) is 53.4 Å². The fourth-order valence-corrected chi connectivity index (χ4v) is 3.01. The van der Waals surface area contributed by atoms with Gasteiger partial charge in [0.2, 0.25) is 0 Å². The summed E-state index contributed by atoms with van der Waals surface area (Å²) >= 11 is 0. The normalized spacial score (nSPS) is 27.4. The van der Waals surface area contributed by atoms with E-state index in [0.717, 1.165) is 38.4 Å². The first-order valence-corrected chi connectivity index (χ1v) is 7.61. The minimum atomic E-state index is -0.773. The molecule has 4 heteroatoms. The van der Waals surface area contributed by atoms with Gasteiger partial charge < -0.3 is 15.3 Å². The molecule has 1 aliphatic heterocycles. The molecule has 0 aromatic heterocycles. The summed E-state index contributed by atoms with van der Waals surface area (Å²) in [4.78, 5) is 13.9. The summed E-state index contributed by atoms with van der Waals surface area (Å²) in [6.07, 6.45) is 3.87. The third-order valence-electron chi connectivity index (χ3n) is 4.27. The van der Waals surface area contributed by atoms with Gasteiger partial charge in [-0.1, -0.05) is 13.8 Å². The highest BCUT2D eigenvalue weighted by Gasteiger charge is 2.32. The molecule has 0 radical (unpaired) electrons. The molecule has 19 heavy (non-hydrogen) atoms. The van der Waals surface area contributed by atoms with Crippen molar-refractivity contribution in [3.8, 4) is 0 Å². The topological polar surface area (TPSA) is 52.6 Å². The number of aliphatic carboxylic acids is 1. The maximum Gasteiger partial charge on any atom is 0.323 e. The molecule has 0 aromatic rings. The number of likely N-dealkylation sites (tertiary alicyclic amines) is 1. The van der Waals surface area contributed by atoms with Gasteiger partial charge >= 0.3 is 5.97 Å². The molecule has 1 saturated heterocycles. The summed E-state index contributed by atoms with van der Waals surface area (Å²) in [5, 5.41) is 12.5. The molecule has 112 valence electrons. The Morgan fingerprint density at radius 3 is 2.63 bits per heavy atom. The smallest absolute Gasteiger partial charge is 0.323 e. The molecule has 1 aliphatic rings. The van der Waals surface area contributed by atoms with Gasteiger partial charge in [-0.2, -0.15) is 0 Å². The van der Waals surface area contributed by atoms with E-state index in [-0.39, 0.29) is 0 Å². The Morgan fingerprint density at radius 2 is 2.16 bits per heavy atom. The average molecular weight is 270 g/mol. The van der Waals surface area contributed by atoms with E-state index in [1.165, 1.54) is 6.42 Å². The Hall–Kier alpha value is -0.610. The van der Waals surface area contributed by atoms with Crippen molar-refractivity contribution >= 4 is 5.97 Å². The van der Waals surface area contributed by atoms with E-state index in [1.807, 2.05) is 0 Å². The number of nitrogens with zero attached hydrogens (tertiary/aromatic N) is 1. The number of rotatable bonds is 8. The van der Waals surface area contributed by atoms with E-state index in [2.05, 4.69) is 31.0 Å². The first kappa shape index (κ1) is 16.4. The summed E-state index contributed by atoms with van der Waals surface area (Å²) in [6, 6.07) is 0.648. The average Bonchev–Trinajstić information content (AvgIpc) is 2.65. The fraction of sp³-hybridized carbons (Fsp3) is 0.933. The highest BCUT2D eigenvalue weighted by Crippen LogP contribution is 2.23. The SMILES string of the molecule is CCCNC(C)(CCCN1CC(C)CC1C)C(=O)O.